The molecule has 2 rings (SSSR count). The molecular formula is C16H25FN2O. The van der Waals surface area contributed by atoms with Gasteiger partial charge in [0.1, 0.15) is 5.82 Å². The number of ether oxygens (including phenoxy) is 1. The Morgan fingerprint density at radius 3 is 2.30 bits per heavy atom. The third-order valence-corrected chi connectivity index (χ3v) is 3.48. The predicted octanol–water partition coefficient (Wildman–Crippen LogP) is 2.72. The molecule has 0 amide bonds. The summed E-state index contributed by atoms with van der Waals surface area (Å²) in [5.41, 5.74) is 6.53. The number of anilines is 1. The molecule has 0 unspecified atom stereocenters. The molecule has 1 aliphatic heterocycles. The van der Waals surface area contributed by atoms with Crippen LogP contribution in [0.2, 0.25) is 0 Å². The minimum Gasteiger partial charge on any atom is -0.366 e. The van der Waals surface area contributed by atoms with E-state index in [1.807, 2.05) is 39.8 Å². The van der Waals surface area contributed by atoms with Crippen molar-refractivity contribution < 1.29 is 9.13 Å². The van der Waals surface area contributed by atoms with Crippen LogP contribution in [0.1, 0.15) is 33.3 Å². The van der Waals surface area contributed by atoms with Gasteiger partial charge >= 0.3 is 0 Å². The molecule has 3 nitrogen and oxygen atoms in total. The number of halogens is 1. The fourth-order valence-electron chi connectivity index (χ4n) is 3.09. The molecule has 1 saturated heterocycles. The van der Waals surface area contributed by atoms with Crippen LogP contribution in [0, 0.1) is 5.82 Å². The Hall–Kier alpha value is -1.13. The molecule has 0 atom stereocenters. The second-order valence-corrected chi connectivity index (χ2v) is 6.80. The first-order valence-corrected chi connectivity index (χ1v) is 7.16. The number of benzene rings is 1. The van der Waals surface area contributed by atoms with Crippen LogP contribution in [-0.4, -0.2) is 30.8 Å². The van der Waals surface area contributed by atoms with Gasteiger partial charge in [0.2, 0.25) is 0 Å². The van der Waals surface area contributed by atoms with Crippen molar-refractivity contribution in [1.29, 1.82) is 0 Å². The Labute approximate surface area is 120 Å². The number of nitrogens with two attached hydrogens (primary N) is 1. The number of hydrogen-bond donors (Lipinski definition) is 1. The molecule has 4 heteroatoms. The Bertz CT molecular complexity index is 469. The first kappa shape index (κ1) is 15.3. The van der Waals surface area contributed by atoms with Crippen molar-refractivity contribution in [2.45, 2.75) is 45.3 Å². The second kappa shape index (κ2) is 5.34. The predicted molar refractivity (Wildman–Crippen MR) is 80.6 cm³/mol. The zero-order chi connectivity index (χ0) is 15.0. The number of rotatable bonds is 3. The Balaban J connectivity index is 2.26. The van der Waals surface area contributed by atoms with Crippen LogP contribution in [0.5, 0.6) is 0 Å². The molecule has 0 bridgehead atoms. The lowest BCUT2D eigenvalue weighted by Gasteiger charge is -2.48. The minimum absolute atomic E-state index is 0.176. The Kier molecular flexibility index (Phi) is 4.07. The van der Waals surface area contributed by atoms with E-state index in [1.165, 1.54) is 0 Å². The van der Waals surface area contributed by atoms with Crippen LogP contribution in [0.3, 0.4) is 0 Å². The van der Waals surface area contributed by atoms with Crippen molar-refractivity contribution in [3.8, 4) is 0 Å². The highest BCUT2D eigenvalue weighted by molar-refractivity contribution is 5.50. The summed E-state index contributed by atoms with van der Waals surface area (Å²) in [6.45, 7) is 10.1. The van der Waals surface area contributed by atoms with E-state index in [2.05, 4.69) is 4.90 Å². The smallest absolute Gasteiger partial charge is 0.146 e. The van der Waals surface area contributed by atoms with E-state index in [4.69, 9.17) is 10.5 Å². The molecule has 0 saturated carbocycles. The van der Waals surface area contributed by atoms with Gasteiger partial charge in [-0.1, -0.05) is 6.07 Å². The zero-order valence-corrected chi connectivity index (χ0v) is 12.9. The molecule has 1 aromatic rings. The second-order valence-electron chi connectivity index (χ2n) is 6.80. The molecular weight excluding hydrogens is 255 g/mol. The molecule has 1 fully saturated rings. The van der Waals surface area contributed by atoms with Crippen molar-refractivity contribution in [2.24, 2.45) is 5.73 Å². The molecule has 0 aliphatic carbocycles. The van der Waals surface area contributed by atoms with Crippen molar-refractivity contribution in [1.82, 2.24) is 0 Å². The third-order valence-electron chi connectivity index (χ3n) is 3.48. The quantitative estimate of drug-likeness (QED) is 0.925. The molecule has 1 heterocycles. The van der Waals surface area contributed by atoms with Crippen molar-refractivity contribution in [3.05, 3.63) is 29.6 Å². The number of morpholine rings is 1. The molecule has 2 N–H and O–H groups in total. The maximum Gasteiger partial charge on any atom is 0.146 e. The Morgan fingerprint density at radius 2 is 1.80 bits per heavy atom. The monoisotopic (exact) mass is 280 g/mol. The van der Waals surface area contributed by atoms with Crippen LogP contribution in [-0.2, 0) is 11.2 Å². The standard InChI is InChI=1S/C16H25FN2O/c1-15(2)10-19(11-16(3,4)20-15)14-6-5-12(7-8-18)9-13(14)17/h5-6,9H,7-8,10-11,18H2,1-4H3. The average molecular weight is 280 g/mol. The van der Waals surface area contributed by atoms with Gasteiger partial charge in [0, 0.05) is 13.1 Å². The van der Waals surface area contributed by atoms with E-state index in [9.17, 15) is 4.39 Å². The van der Waals surface area contributed by atoms with Crippen LogP contribution in [0.15, 0.2) is 18.2 Å². The third kappa shape index (κ3) is 3.49. The van der Waals surface area contributed by atoms with Gasteiger partial charge in [0.25, 0.3) is 0 Å². The van der Waals surface area contributed by atoms with Gasteiger partial charge in [-0.05, 0) is 58.4 Å². The lowest BCUT2D eigenvalue weighted by molar-refractivity contribution is -0.133. The van der Waals surface area contributed by atoms with E-state index in [0.717, 1.165) is 5.56 Å². The highest BCUT2D eigenvalue weighted by Gasteiger charge is 2.38. The SMILES string of the molecule is CC1(C)CN(c2ccc(CCN)cc2F)CC(C)(C)O1. The summed E-state index contributed by atoms with van der Waals surface area (Å²) in [7, 11) is 0. The maximum absolute atomic E-state index is 14.3. The summed E-state index contributed by atoms with van der Waals surface area (Å²) in [5, 5.41) is 0. The molecule has 1 aromatic carbocycles. The van der Waals surface area contributed by atoms with E-state index >= 15 is 0 Å². The molecule has 20 heavy (non-hydrogen) atoms. The molecule has 1 aliphatic rings. The average Bonchev–Trinajstić information content (AvgIpc) is 2.25. The van der Waals surface area contributed by atoms with Gasteiger partial charge in [-0.3, -0.25) is 0 Å². The van der Waals surface area contributed by atoms with Gasteiger partial charge in [-0.2, -0.15) is 0 Å². The van der Waals surface area contributed by atoms with Gasteiger partial charge < -0.3 is 15.4 Å². The first-order valence-electron chi connectivity index (χ1n) is 7.16. The summed E-state index contributed by atoms with van der Waals surface area (Å²) in [6, 6.07) is 5.41. The first-order chi connectivity index (χ1) is 9.22. The molecule has 112 valence electrons. The normalized spacial score (nSPS) is 21.0. The highest BCUT2D eigenvalue weighted by Crippen LogP contribution is 2.32. The van der Waals surface area contributed by atoms with Gasteiger partial charge in [-0.15, -0.1) is 0 Å². The summed E-state index contributed by atoms with van der Waals surface area (Å²) in [4.78, 5) is 2.07. The van der Waals surface area contributed by atoms with Crippen LogP contribution >= 0.6 is 0 Å². The fraction of sp³-hybridized carbons (Fsp3) is 0.625. The fourth-order valence-corrected chi connectivity index (χ4v) is 3.09. The number of hydrogen-bond acceptors (Lipinski definition) is 3. The lowest BCUT2D eigenvalue weighted by atomic mass is 9.98. The van der Waals surface area contributed by atoms with E-state index in [0.29, 0.717) is 31.7 Å². The van der Waals surface area contributed by atoms with Crippen molar-refractivity contribution in [2.75, 3.05) is 24.5 Å². The maximum atomic E-state index is 14.3. The minimum atomic E-state index is -0.288. The summed E-state index contributed by atoms with van der Waals surface area (Å²) >= 11 is 0. The zero-order valence-electron chi connectivity index (χ0n) is 12.9. The van der Waals surface area contributed by atoms with E-state index in [-0.39, 0.29) is 17.0 Å². The topological polar surface area (TPSA) is 38.5 Å². The van der Waals surface area contributed by atoms with Gasteiger partial charge in [0.15, 0.2) is 0 Å². The van der Waals surface area contributed by atoms with Gasteiger partial charge in [-0.25, -0.2) is 4.39 Å². The van der Waals surface area contributed by atoms with Crippen LogP contribution < -0.4 is 10.6 Å². The number of nitrogens with zero attached hydrogens (tertiary/aromatic N) is 1. The molecule has 0 spiro atoms. The lowest BCUT2D eigenvalue weighted by Crippen LogP contribution is -2.57. The highest BCUT2D eigenvalue weighted by atomic mass is 19.1. The van der Waals surface area contributed by atoms with Crippen molar-refractivity contribution >= 4 is 5.69 Å². The summed E-state index contributed by atoms with van der Waals surface area (Å²) in [6.07, 6.45) is 0.706. The van der Waals surface area contributed by atoms with E-state index < -0.39 is 0 Å². The molecule has 0 aromatic heterocycles. The largest absolute Gasteiger partial charge is 0.366 e. The molecule has 0 radical (unpaired) electrons. The summed E-state index contributed by atoms with van der Waals surface area (Å²) < 4.78 is 20.4. The van der Waals surface area contributed by atoms with Crippen molar-refractivity contribution in [3.63, 3.8) is 0 Å². The van der Waals surface area contributed by atoms with Gasteiger partial charge in [0.05, 0.1) is 16.9 Å². The van der Waals surface area contributed by atoms with Crippen LogP contribution in [0.25, 0.3) is 0 Å². The summed E-state index contributed by atoms with van der Waals surface area (Å²) in [5.74, 6) is -0.176. The van der Waals surface area contributed by atoms with Crippen LogP contribution in [0.4, 0.5) is 10.1 Å². The van der Waals surface area contributed by atoms with E-state index in [1.54, 1.807) is 6.07 Å². The Morgan fingerprint density at radius 1 is 1.20 bits per heavy atom.